The van der Waals surface area contributed by atoms with Gasteiger partial charge in [-0.2, -0.15) is 8.42 Å². The van der Waals surface area contributed by atoms with Gasteiger partial charge in [-0.3, -0.25) is 4.90 Å². The summed E-state index contributed by atoms with van der Waals surface area (Å²) in [6.07, 6.45) is -4.83. The Bertz CT molecular complexity index is 786. The Hall–Kier alpha value is -1.88. The first-order chi connectivity index (χ1) is 9.65. The van der Waals surface area contributed by atoms with Gasteiger partial charge in [-0.15, -0.1) is 17.6 Å². The number of aliphatic hydroxyl groups is 1. The molecule has 0 saturated carbocycles. The Morgan fingerprint density at radius 3 is 2.71 bits per heavy atom. The Morgan fingerprint density at radius 2 is 2.05 bits per heavy atom. The number of anilines is 1. The molecule has 3 rings (SSSR count). The summed E-state index contributed by atoms with van der Waals surface area (Å²) in [4.78, 5) is 1.41. The molecule has 1 N–H and O–H groups in total. The number of fused-ring (bicyclic) bond motifs is 3. The van der Waals surface area contributed by atoms with Crippen LogP contribution in [0.5, 0.6) is 5.75 Å². The van der Waals surface area contributed by atoms with Crippen molar-refractivity contribution in [3.63, 3.8) is 0 Å². The lowest BCUT2D eigenvalue weighted by atomic mass is 10.3. The highest BCUT2D eigenvalue weighted by molar-refractivity contribution is 8.15. The van der Waals surface area contributed by atoms with E-state index >= 15 is 0 Å². The second kappa shape index (κ2) is 4.31. The SMILES string of the molecule is O=S1(=O)C=C(O)N2C(=N1)Sc1cc(OC(F)(F)F)ccc12. The molecule has 0 bridgehead atoms. The molecule has 0 fully saturated rings. The third kappa shape index (κ3) is 2.65. The number of benzene rings is 1. The molecule has 1 aromatic rings. The minimum atomic E-state index is -4.83. The first-order valence-corrected chi connectivity index (χ1v) is 7.60. The second-order valence-electron chi connectivity index (χ2n) is 3.98. The van der Waals surface area contributed by atoms with Crippen LogP contribution in [0, 0.1) is 0 Å². The maximum absolute atomic E-state index is 12.2. The van der Waals surface area contributed by atoms with Crippen LogP contribution in [0.15, 0.2) is 38.8 Å². The standard InChI is InChI=1S/C10H5F3N2O4S2/c11-10(12,13)19-5-1-2-6-7(3-5)20-9-14-21(17,18)4-8(16)15(6)9/h1-4,16H. The van der Waals surface area contributed by atoms with Crippen molar-refractivity contribution >= 4 is 32.6 Å². The van der Waals surface area contributed by atoms with Gasteiger partial charge in [-0.1, -0.05) is 0 Å². The zero-order chi connectivity index (χ0) is 15.4. The highest BCUT2D eigenvalue weighted by atomic mass is 32.2. The fourth-order valence-corrected chi connectivity index (χ4v) is 3.91. The quantitative estimate of drug-likeness (QED) is 0.848. The smallest absolute Gasteiger partial charge is 0.494 e. The van der Waals surface area contributed by atoms with Crippen molar-refractivity contribution in [3.8, 4) is 5.75 Å². The molecule has 0 radical (unpaired) electrons. The average molecular weight is 338 g/mol. The maximum Gasteiger partial charge on any atom is 0.573 e. The van der Waals surface area contributed by atoms with Crippen LogP contribution in [-0.4, -0.2) is 25.1 Å². The molecule has 2 heterocycles. The molecular formula is C10H5F3N2O4S2. The van der Waals surface area contributed by atoms with E-state index in [1.165, 1.54) is 6.07 Å². The van der Waals surface area contributed by atoms with E-state index in [4.69, 9.17) is 0 Å². The minimum Gasteiger partial charge on any atom is -0.494 e. The first-order valence-electron chi connectivity index (χ1n) is 5.28. The highest BCUT2D eigenvalue weighted by Crippen LogP contribution is 2.45. The van der Waals surface area contributed by atoms with Gasteiger partial charge in [0, 0.05) is 4.90 Å². The number of alkyl halides is 3. The largest absolute Gasteiger partial charge is 0.573 e. The first kappa shape index (κ1) is 14.1. The fourth-order valence-electron chi connectivity index (χ4n) is 1.81. The van der Waals surface area contributed by atoms with E-state index in [1.807, 2.05) is 0 Å². The van der Waals surface area contributed by atoms with Gasteiger partial charge >= 0.3 is 6.36 Å². The van der Waals surface area contributed by atoms with Crippen molar-refractivity contribution in [3.05, 3.63) is 29.5 Å². The van der Waals surface area contributed by atoms with Gasteiger partial charge in [-0.25, -0.2) is 0 Å². The Balaban J connectivity index is 2.01. The average Bonchev–Trinajstić information content (AvgIpc) is 2.61. The molecule has 0 spiro atoms. The molecular weight excluding hydrogens is 333 g/mol. The van der Waals surface area contributed by atoms with Gasteiger partial charge in [0.05, 0.1) is 5.69 Å². The lowest BCUT2D eigenvalue weighted by Gasteiger charge is -2.20. The summed E-state index contributed by atoms with van der Waals surface area (Å²) in [7, 11) is -3.94. The maximum atomic E-state index is 12.2. The van der Waals surface area contributed by atoms with Crippen LogP contribution in [0.1, 0.15) is 0 Å². The molecule has 0 aromatic heterocycles. The summed E-state index contributed by atoms with van der Waals surface area (Å²) >= 11 is 0.815. The van der Waals surface area contributed by atoms with E-state index in [0.717, 1.165) is 28.8 Å². The Kier molecular flexibility index (Phi) is 2.89. The van der Waals surface area contributed by atoms with Crippen molar-refractivity contribution in [2.75, 3.05) is 4.90 Å². The van der Waals surface area contributed by atoms with E-state index in [2.05, 4.69) is 9.13 Å². The molecule has 0 atom stereocenters. The number of ether oxygens (including phenoxy) is 1. The van der Waals surface area contributed by atoms with Crippen LogP contribution < -0.4 is 9.64 Å². The molecule has 11 heteroatoms. The molecule has 0 amide bonds. The predicted octanol–water partition coefficient (Wildman–Crippen LogP) is 2.55. The minimum absolute atomic E-state index is 0.0610. The van der Waals surface area contributed by atoms with Gasteiger partial charge in [0.15, 0.2) is 5.17 Å². The number of hydrogen-bond acceptors (Lipinski definition) is 6. The number of amidine groups is 1. The summed E-state index contributed by atoms with van der Waals surface area (Å²) in [5.74, 6) is -1.02. The summed E-state index contributed by atoms with van der Waals surface area (Å²) in [5.41, 5.74) is 0.317. The van der Waals surface area contributed by atoms with E-state index in [-0.39, 0.29) is 10.1 Å². The van der Waals surface area contributed by atoms with Crippen LogP contribution in [-0.2, 0) is 10.0 Å². The molecule has 2 aliphatic rings. The van der Waals surface area contributed by atoms with Crippen molar-refractivity contribution in [1.82, 2.24) is 0 Å². The molecule has 0 saturated heterocycles. The number of rotatable bonds is 1. The second-order valence-corrected chi connectivity index (χ2v) is 6.44. The monoisotopic (exact) mass is 338 g/mol. The predicted molar refractivity (Wildman–Crippen MR) is 68.5 cm³/mol. The summed E-state index contributed by atoms with van der Waals surface area (Å²) in [6, 6.07) is 3.42. The topological polar surface area (TPSA) is 79.2 Å². The molecule has 1 aromatic carbocycles. The zero-order valence-corrected chi connectivity index (χ0v) is 11.5. The van der Waals surface area contributed by atoms with E-state index < -0.39 is 28.0 Å². The van der Waals surface area contributed by atoms with E-state index in [0.29, 0.717) is 11.1 Å². The summed E-state index contributed by atoms with van der Waals surface area (Å²) in [6.45, 7) is 0. The molecule has 0 aliphatic carbocycles. The molecule has 2 aliphatic heterocycles. The van der Waals surface area contributed by atoms with E-state index in [1.54, 1.807) is 0 Å². The van der Waals surface area contributed by atoms with Crippen LogP contribution in [0.3, 0.4) is 0 Å². The fraction of sp³-hybridized carbons (Fsp3) is 0.100. The summed E-state index contributed by atoms with van der Waals surface area (Å²) in [5, 5.41) is 10.2. The molecule has 6 nitrogen and oxygen atoms in total. The lowest BCUT2D eigenvalue weighted by molar-refractivity contribution is -0.274. The number of hydrogen-bond donors (Lipinski definition) is 1. The van der Waals surface area contributed by atoms with Crippen LogP contribution >= 0.6 is 11.8 Å². The third-order valence-corrected chi connectivity index (χ3v) is 4.54. The Morgan fingerprint density at radius 1 is 1.33 bits per heavy atom. The highest BCUT2D eigenvalue weighted by Gasteiger charge is 2.36. The van der Waals surface area contributed by atoms with Gasteiger partial charge in [0.25, 0.3) is 10.0 Å². The zero-order valence-electron chi connectivity index (χ0n) is 9.83. The number of nitrogens with zero attached hydrogens (tertiary/aromatic N) is 2. The Labute approximate surface area is 120 Å². The van der Waals surface area contributed by atoms with E-state index in [9.17, 15) is 26.7 Å². The summed E-state index contributed by atoms with van der Waals surface area (Å²) < 4.78 is 66.4. The molecule has 21 heavy (non-hydrogen) atoms. The van der Waals surface area contributed by atoms with Gasteiger partial charge in [0.1, 0.15) is 11.2 Å². The van der Waals surface area contributed by atoms with Crippen molar-refractivity contribution in [2.24, 2.45) is 4.40 Å². The third-order valence-electron chi connectivity index (χ3n) is 2.49. The number of aliphatic hydroxyl groups excluding tert-OH is 1. The molecule has 112 valence electrons. The van der Waals surface area contributed by atoms with Crippen LogP contribution in [0.2, 0.25) is 0 Å². The van der Waals surface area contributed by atoms with Crippen molar-refractivity contribution in [1.29, 1.82) is 0 Å². The van der Waals surface area contributed by atoms with Gasteiger partial charge < -0.3 is 9.84 Å². The van der Waals surface area contributed by atoms with Gasteiger partial charge in [-0.05, 0) is 30.0 Å². The van der Waals surface area contributed by atoms with Gasteiger partial charge in [0.2, 0.25) is 5.88 Å². The van der Waals surface area contributed by atoms with Crippen molar-refractivity contribution in [2.45, 2.75) is 11.3 Å². The normalized spacial score (nSPS) is 19.5. The van der Waals surface area contributed by atoms with Crippen LogP contribution in [0.4, 0.5) is 18.9 Å². The number of thioether (sulfide) groups is 1. The van der Waals surface area contributed by atoms with Crippen LogP contribution in [0.25, 0.3) is 0 Å². The number of halogens is 3. The molecule has 0 unspecified atom stereocenters. The van der Waals surface area contributed by atoms with Crippen molar-refractivity contribution < 1.29 is 31.4 Å². The lowest BCUT2D eigenvalue weighted by Crippen LogP contribution is -2.28. The number of sulfonamides is 1.